The van der Waals surface area contributed by atoms with Gasteiger partial charge in [-0.05, 0) is 0 Å². The van der Waals surface area contributed by atoms with Gasteiger partial charge in [-0.25, -0.2) is 5.57 Å². The summed E-state index contributed by atoms with van der Waals surface area (Å²) in [4.78, 5) is 0. The van der Waals surface area contributed by atoms with E-state index in [1.807, 2.05) is 0 Å². The van der Waals surface area contributed by atoms with Crippen LogP contribution in [0.2, 0.25) is 0 Å². The van der Waals surface area contributed by atoms with Gasteiger partial charge in [-0.2, -0.15) is 11.1 Å². The van der Waals surface area contributed by atoms with Gasteiger partial charge >= 0.3 is 21.7 Å². The summed E-state index contributed by atoms with van der Waals surface area (Å²) in [6.07, 6.45) is 4.31. The van der Waals surface area contributed by atoms with Gasteiger partial charge in [-0.3, -0.25) is 6.08 Å². The fourth-order valence-corrected chi connectivity index (χ4v) is 0.850. The first kappa shape index (κ1) is 17.8. The number of hydrogen-bond donors (Lipinski definition) is 0. The van der Waals surface area contributed by atoms with Crippen molar-refractivity contribution in [3.8, 4) is 0 Å². The zero-order chi connectivity index (χ0) is 6.15. The third-order valence-electron chi connectivity index (χ3n) is 1.82. The van der Waals surface area contributed by atoms with Gasteiger partial charge in [0, 0.05) is 0 Å². The Balaban J connectivity index is -0.000000213. The van der Waals surface area contributed by atoms with Crippen LogP contribution in [-0.2, 0) is 21.7 Å². The summed E-state index contributed by atoms with van der Waals surface area (Å²) in [6.45, 7) is 6.44. The van der Waals surface area contributed by atoms with Gasteiger partial charge in [-0.15, -0.1) is 13.3 Å². The van der Waals surface area contributed by atoms with Gasteiger partial charge in [-0.1, -0.05) is 13.8 Å². The van der Waals surface area contributed by atoms with E-state index < -0.39 is 0 Å². The zero-order valence-corrected chi connectivity index (χ0v) is 10.0. The summed E-state index contributed by atoms with van der Waals surface area (Å²) in [5.41, 5.74) is 4.25. The van der Waals surface area contributed by atoms with Crippen molar-refractivity contribution in [2.24, 2.45) is 0 Å². The molecule has 0 saturated heterocycles. The van der Waals surface area contributed by atoms with E-state index in [1.54, 1.807) is 0 Å². The number of hydrogen-bond acceptors (Lipinski definition) is 0. The molecule has 0 aliphatic heterocycles. The Labute approximate surface area is 96.2 Å². The molecule has 0 atom stereocenters. The third-order valence-corrected chi connectivity index (χ3v) is 1.82. The summed E-state index contributed by atoms with van der Waals surface area (Å²) in [6, 6.07) is 0. The van der Waals surface area contributed by atoms with Crippen molar-refractivity contribution in [1.82, 2.24) is 0 Å². The van der Waals surface area contributed by atoms with E-state index >= 15 is 0 Å². The molecule has 3 heteroatoms. The molecule has 61 valence electrons. The minimum absolute atomic E-state index is 0. The van der Waals surface area contributed by atoms with Crippen LogP contribution >= 0.6 is 0 Å². The van der Waals surface area contributed by atoms with E-state index in [0.29, 0.717) is 0 Å². The Hall–Kier alpha value is 0.774. The summed E-state index contributed by atoms with van der Waals surface area (Å²) in [5.74, 6) is 0. The SMILES string of the molecule is CC1=[C-]CC(C)=C1C.[Cl-].[Cl-].[Ti+3]. The normalized spacial score (nSPS) is 14.3. The molecule has 0 aromatic heterocycles. The molecule has 0 aromatic rings. The molecule has 0 fully saturated rings. The predicted molar refractivity (Wildman–Crippen MR) is 35.4 cm³/mol. The van der Waals surface area contributed by atoms with E-state index in [0.717, 1.165) is 6.42 Å². The Morgan fingerprint density at radius 2 is 1.55 bits per heavy atom. The van der Waals surface area contributed by atoms with E-state index in [9.17, 15) is 0 Å². The molecule has 0 bridgehead atoms. The minimum Gasteiger partial charge on any atom is -1.00 e. The topological polar surface area (TPSA) is 0 Å². The second-order valence-electron chi connectivity index (χ2n) is 2.38. The van der Waals surface area contributed by atoms with Gasteiger partial charge in [0.2, 0.25) is 0 Å². The smallest absolute Gasteiger partial charge is 1.00 e. The molecule has 11 heavy (non-hydrogen) atoms. The monoisotopic (exact) mass is 225 g/mol. The predicted octanol–water partition coefficient (Wildman–Crippen LogP) is -3.52. The molecule has 0 amide bonds. The average Bonchev–Trinajstić information content (AvgIpc) is 1.98. The summed E-state index contributed by atoms with van der Waals surface area (Å²) >= 11 is 0. The maximum absolute atomic E-state index is 3.26. The van der Waals surface area contributed by atoms with E-state index in [2.05, 4.69) is 26.8 Å². The molecule has 1 aliphatic carbocycles. The average molecular weight is 226 g/mol. The van der Waals surface area contributed by atoms with Crippen molar-refractivity contribution in [1.29, 1.82) is 0 Å². The molecular formula is C8H11Cl2Ti. The third kappa shape index (κ3) is 4.37. The van der Waals surface area contributed by atoms with Gasteiger partial charge in [0.05, 0.1) is 0 Å². The van der Waals surface area contributed by atoms with Crippen LogP contribution in [0.15, 0.2) is 16.7 Å². The zero-order valence-electron chi connectivity index (χ0n) is 6.96. The van der Waals surface area contributed by atoms with Crippen molar-refractivity contribution in [3.05, 3.63) is 22.8 Å². The molecule has 0 spiro atoms. The molecule has 1 rings (SSSR count). The molecule has 0 nitrogen and oxygen atoms in total. The maximum atomic E-state index is 3.26. The Kier molecular flexibility index (Phi) is 12.0. The maximum Gasteiger partial charge on any atom is 3.00 e. The Morgan fingerprint density at radius 1 is 1.09 bits per heavy atom. The number of allylic oxidation sites excluding steroid dienone is 4. The van der Waals surface area contributed by atoms with Gasteiger partial charge < -0.3 is 24.8 Å². The van der Waals surface area contributed by atoms with Crippen molar-refractivity contribution in [3.63, 3.8) is 0 Å². The van der Waals surface area contributed by atoms with Crippen LogP contribution in [0.3, 0.4) is 0 Å². The molecule has 1 aliphatic rings. The van der Waals surface area contributed by atoms with E-state index in [-0.39, 0.29) is 46.5 Å². The largest absolute Gasteiger partial charge is 3.00 e. The first-order valence-corrected chi connectivity index (χ1v) is 2.96. The van der Waals surface area contributed by atoms with Crippen LogP contribution < -0.4 is 24.8 Å². The molecule has 0 N–H and O–H groups in total. The first-order valence-electron chi connectivity index (χ1n) is 2.96. The standard InChI is InChI=1S/C8H11.2ClH.Ti/c1-6-4-5-7(2)8(6)3;;;/h4H2,1-3H3;2*1H;/q-1;;;+3/p-2. The Bertz CT molecular complexity index is 165. The van der Waals surface area contributed by atoms with Gasteiger partial charge in [0.25, 0.3) is 0 Å². The summed E-state index contributed by atoms with van der Waals surface area (Å²) < 4.78 is 0. The second-order valence-corrected chi connectivity index (χ2v) is 2.38. The molecule has 1 radical (unpaired) electrons. The quantitative estimate of drug-likeness (QED) is 0.297. The second kappa shape index (κ2) is 7.42. The molecule has 0 unspecified atom stereocenters. The van der Waals surface area contributed by atoms with Gasteiger partial charge in [0.1, 0.15) is 0 Å². The van der Waals surface area contributed by atoms with E-state index in [4.69, 9.17) is 0 Å². The molecule has 0 aromatic carbocycles. The number of rotatable bonds is 0. The van der Waals surface area contributed by atoms with Crippen LogP contribution in [0.4, 0.5) is 0 Å². The van der Waals surface area contributed by atoms with Crippen LogP contribution in [0.1, 0.15) is 27.2 Å². The molecule has 0 saturated carbocycles. The fraction of sp³-hybridized carbons (Fsp3) is 0.500. The van der Waals surface area contributed by atoms with Crippen molar-refractivity contribution < 1.29 is 46.5 Å². The van der Waals surface area contributed by atoms with Crippen LogP contribution in [0.25, 0.3) is 0 Å². The first-order chi connectivity index (χ1) is 3.72. The van der Waals surface area contributed by atoms with Gasteiger partial charge in [0.15, 0.2) is 0 Å². The van der Waals surface area contributed by atoms with E-state index in [1.165, 1.54) is 16.7 Å². The Morgan fingerprint density at radius 3 is 1.64 bits per heavy atom. The van der Waals surface area contributed by atoms with Crippen molar-refractivity contribution in [2.45, 2.75) is 27.2 Å². The summed E-state index contributed by atoms with van der Waals surface area (Å²) in [7, 11) is 0. The van der Waals surface area contributed by atoms with Crippen LogP contribution in [-0.4, -0.2) is 0 Å². The minimum atomic E-state index is 0. The molecular weight excluding hydrogens is 215 g/mol. The summed E-state index contributed by atoms with van der Waals surface area (Å²) in [5, 5.41) is 0. The van der Waals surface area contributed by atoms with Crippen molar-refractivity contribution in [2.75, 3.05) is 0 Å². The van der Waals surface area contributed by atoms with Crippen LogP contribution in [0, 0.1) is 6.08 Å². The van der Waals surface area contributed by atoms with Crippen LogP contribution in [0.5, 0.6) is 0 Å². The number of halogens is 2. The van der Waals surface area contributed by atoms with Crippen molar-refractivity contribution >= 4 is 0 Å². The fourth-order valence-electron chi connectivity index (χ4n) is 0.850. The molecule has 0 heterocycles.